The summed E-state index contributed by atoms with van der Waals surface area (Å²) in [6, 6.07) is 28.0. The molecule has 3 heterocycles. The molecule has 0 unspecified atom stereocenters. The average molecular weight is 642 g/mol. The lowest BCUT2D eigenvalue weighted by Gasteiger charge is -2.28. The van der Waals surface area contributed by atoms with Gasteiger partial charge in [0.2, 0.25) is 0 Å². The van der Waals surface area contributed by atoms with Gasteiger partial charge in [0, 0.05) is 50.2 Å². The van der Waals surface area contributed by atoms with Crippen molar-refractivity contribution in [3.05, 3.63) is 135 Å². The monoisotopic (exact) mass is 641 g/mol. The van der Waals surface area contributed by atoms with E-state index >= 15 is 0 Å². The standard InChI is InChI=1S/C33H28ClN5O3S2/c1-20-18-27(21(2)37(20)29-19-22(34)7-16-30(29)42-3)32-31(28-6-4-5-17-35-28)36-33(43)38(32)23-8-12-25(13-9-23)44-26-14-10-24(11-15-26)39(40)41/h4-19,31-32H,1-3H3,(H,36,43)/t31-,32-/m1/s1. The number of pyridine rings is 1. The lowest BCUT2D eigenvalue weighted by atomic mass is 9.96. The van der Waals surface area contributed by atoms with Gasteiger partial charge in [-0.25, -0.2) is 0 Å². The maximum absolute atomic E-state index is 11.0. The average Bonchev–Trinajstić information content (AvgIpc) is 3.52. The minimum absolute atomic E-state index is 0.0708. The van der Waals surface area contributed by atoms with Crippen molar-refractivity contribution >= 4 is 52.1 Å². The molecule has 0 bridgehead atoms. The zero-order valence-corrected chi connectivity index (χ0v) is 26.5. The molecule has 44 heavy (non-hydrogen) atoms. The van der Waals surface area contributed by atoms with Crippen molar-refractivity contribution in [2.75, 3.05) is 12.0 Å². The predicted molar refractivity (Wildman–Crippen MR) is 178 cm³/mol. The van der Waals surface area contributed by atoms with E-state index in [-0.39, 0.29) is 17.8 Å². The smallest absolute Gasteiger partial charge is 0.269 e. The van der Waals surface area contributed by atoms with E-state index in [1.54, 1.807) is 25.4 Å². The maximum Gasteiger partial charge on any atom is 0.269 e. The Morgan fingerprint density at radius 2 is 1.70 bits per heavy atom. The van der Waals surface area contributed by atoms with E-state index in [2.05, 4.69) is 46.8 Å². The molecule has 2 aromatic heterocycles. The second-order valence-electron chi connectivity index (χ2n) is 10.3. The normalized spacial score (nSPS) is 16.2. The van der Waals surface area contributed by atoms with Gasteiger partial charge in [0.05, 0.1) is 35.5 Å². The number of anilines is 1. The van der Waals surface area contributed by atoms with Crippen LogP contribution >= 0.6 is 35.6 Å². The Hall–Kier alpha value is -4.38. The zero-order chi connectivity index (χ0) is 31.0. The van der Waals surface area contributed by atoms with Gasteiger partial charge in [-0.15, -0.1) is 0 Å². The van der Waals surface area contributed by atoms with Crippen molar-refractivity contribution in [2.45, 2.75) is 35.7 Å². The van der Waals surface area contributed by atoms with E-state index in [1.165, 1.54) is 23.9 Å². The molecule has 222 valence electrons. The largest absolute Gasteiger partial charge is 0.495 e. The van der Waals surface area contributed by atoms with Crippen molar-refractivity contribution in [2.24, 2.45) is 0 Å². The number of aryl methyl sites for hydroxylation is 1. The first-order valence-corrected chi connectivity index (χ1v) is 15.4. The van der Waals surface area contributed by atoms with E-state index in [4.69, 9.17) is 33.5 Å². The van der Waals surface area contributed by atoms with Gasteiger partial charge in [0.25, 0.3) is 5.69 Å². The summed E-state index contributed by atoms with van der Waals surface area (Å²) in [4.78, 5) is 19.4. The first kappa shape index (κ1) is 29.7. The molecular weight excluding hydrogens is 614 g/mol. The second kappa shape index (κ2) is 12.3. The number of methoxy groups -OCH3 is 1. The summed E-state index contributed by atoms with van der Waals surface area (Å²) in [6.45, 7) is 4.17. The highest BCUT2D eigenvalue weighted by Crippen LogP contribution is 2.45. The van der Waals surface area contributed by atoms with E-state index in [0.717, 1.165) is 49.6 Å². The van der Waals surface area contributed by atoms with Crippen LogP contribution in [-0.4, -0.2) is 26.7 Å². The summed E-state index contributed by atoms with van der Waals surface area (Å²) in [5, 5.41) is 15.8. The van der Waals surface area contributed by atoms with Gasteiger partial charge in [-0.2, -0.15) is 0 Å². The van der Waals surface area contributed by atoms with Crippen LogP contribution < -0.4 is 15.0 Å². The summed E-state index contributed by atoms with van der Waals surface area (Å²) >= 11 is 13.9. The lowest BCUT2D eigenvalue weighted by Crippen LogP contribution is -2.29. The van der Waals surface area contributed by atoms with Crippen LogP contribution in [-0.2, 0) is 0 Å². The zero-order valence-electron chi connectivity index (χ0n) is 24.1. The van der Waals surface area contributed by atoms with Crippen molar-refractivity contribution in [1.29, 1.82) is 0 Å². The molecule has 0 spiro atoms. The molecule has 0 aliphatic carbocycles. The number of rotatable bonds is 8. The van der Waals surface area contributed by atoms with E-state index in [1.807, 2.05) is 48.5 Å². The minimum atomic E-state index is -0.395. The van der Waals surface area contributed by atoms with Crippen LogP contribution in [0.1, 0.15) is 34.7 Å². The van der Waals surface area contributed by atoms with E-state index in [9.17, 15) is 10.1 Å². The molecular formula is C33H28ClN5O3S2. The number of non-ortho nitro benzene ring substituents is 1. The number of benzene rings is 3. The van der Waals surface area contributed by atoms with Crippen LogP contribution in [0.15, 0.2) is 107 Å². The summed E-state index contributed by atoms with van der Waals surface area (Å²) in [6.07, 6.45) is 1.80. The predicted octanol–water partition coefficient (Wildman–Crippen LogP) is 8.39. The quantitative estimate of drug-likeness (QED) is 0.103. The number of hydrogen-bond acceptors (Lipinski definition) is 6. The highest BCUT2D eigenvalue weighted by molar-refractivity contribution is 7.99. The van der Waals surface area contributed by atoms with Crippen LogP contribution in [0.3, 0.4) is 0 Å². The molecule has 8 nitrogen and oxygen atoms in total. The summed E-state index contributed by atoms with van der Waals surface area (Å²) in [5.74, 6) is 0.724. The van der Waals surface area contributed by atoms with Crippen molar-refractivity contribution in [1.82, 2.24) is 14.9 Å². The van der Waals surface area contributed by atoms with Gasteiger partial charge in [-0.1, -0.05) is 29.4 Å². The van der Waals surface area contributed by atoms with Crippen molar-refractivity contribution < 1.29 is 9.66 Å². The second-order valence-corrected chi connectivity index (χ2v) is 12.3. The minimum Gasteiger partial charge on any atom is -0.495 e. The van der Waals surface area contributed by atoms with Crippen LogP contribution in [0.4, 0.5) is 11.4 Å². The number of ether oxygens (including phenoxy) is 1. The molecule has 1 aliphatic rings. The fourth-order valence-corrected chi connectivity index (χ4v) is 7.02. The van der Waals surface area contributed by atoms with Gasteiger partial charge >= 0.3 is 0 Å². The number of halogens is 1. The molecule has 1 aliphatic heterocycles. The fourth-order valence-electron chi connectivity index (χ4n) is 5.69. The van der Waals surface area contributed by atoms with Crippen molar-refractivity contribution in [3.63, 3.8) is 0 Å². The number of hydrogen-bond donors (Lipinski definition) is 1. The van der Waals surface area contributed by atoms with Gasteiger partial charge in [0.1, 0.15) is 5.75 Å². The van der Waals surface area contributed by atoms with Gasteiger partial charge in [-0.3, -0.25) is 15.1 Å². The Kier molecular flexibility index (Phi) is 8.31. The summed E-state index contributed by atoms with van der Waals surface area (Å²) in [5.41, 5.74) is 5.92. The third kappa shape index (κ3) is 5.63. The molecule has 1 saturated heterocycles. The van der Waals surface area contributed by atoms with Gasteiger partial charge in [-0.05, 0) is 104 Å². The third-order valence-electron chi connectivity index (χ3n) is 7.67. The highest BCUT2D eigenvalue weighted by atomic mass is 35.5. The number of nitro groups is 1. The van der Waals surface area contributed by atoms with Crippen LogP contribution in [0, 0.1) is 24.0 Å². The number of nitro benzene ring substituents is 1. The lowest BCUT2D eigenvalue weighted by molar-refractivity contribution is -0.384. The molecule has 5 aromatic rings. The molecule has 1 fully saturated rings. The highest BCUT2D eigenvalue weighted by Gasteiger charge is 2.42. The molecule has 11 heteroatoms. The van der Waals surface area contributed by atoms with Crippen LogP contribution in [0.25, 0.3) is 5.69 Å². The Bertz CT molecular complexity index is 1850. The summed E-state index contributed by atoms with van der Waals surface area (Å²) < 4.78 is 7.87. The molecule has 6 rings (SSSR count). The Labute approximate surface area is 269 Å². The summed E-state index contributed by atoms with van der Waals surface area (Å²) in [7, 11) is 1.66. The maximum atomic E-state index is 11.0. The van der Waals surface area contributed by atoms with Crippen LogP contribution in [0.2, 0.25) is 5.02 Å². The van der Waals surface area contributed by atoms with Gasteiger partial charge in [0.15, 0.2) is 5.11 Å². The fraction of sp³-hybridized carbons (Fsp3) is 0.152. The number of nitrogens with zero attached hydrogens (tertiary/aromatic N) is 4. The Morgan fingerprint density at radius 3 is 2.34 bits per heavy atom. The molecule has 3 aromatic carbocycles. The first-order chi connectivity index (χ1) is 21.2. The SMILES string of the molecule is COc1ccc(Cl)cc1-n1c(C)cc([C@@H]2[C@@H](c3ccccn3)NC(=S)N2c2ccc(Sc3ccc([N+](=O)[O-])cc3)cc2)c1C. The molecule has 1 N–H and O–H groups in total. The molecule has 2 atom stereocenters. The van der Waals surface area contributed by atoms with E-state index < -0.39 is 4.92 Å². The molecule has 0 radical (unpaired) electrons. The van der Waals surface area contributed by atoms with E-state index in [0.29, 0.717) is 10.1 Å². The molecule has 0 saturated carbocycles. The molecule has 0 amide bonds. The number of aromatic nitrogens is 2. The van der Waals surface area contributed by atoms with Gasteiger partial charge < -0.3 is 19.5 Å². The third-order valence-corrected chi connectivity index (χ3v) is 9.23. The Morgan fingerprint density at radius 1 is 1.00 bits per heavy atom. The first-order valence-electron chi connectivity index (χ1n) is 13.8. The Balaban J connectivity index is 1.39. The topological polar surface area (TPSA) is 85.5 Å². The number of thiocarbonyl (C=S) groups is 1. The van der Waals surface area contributed by atoms with Crippen molar-refractivity contribution in [3.8, 4) is 11.4 Å². The van der Waals surface area contributed by atoms with Crippen LogP contribution in [0.5, 0.6) is 5.75 Å². The number of nitrogens with one attached hydrogen (secondary N) is 1.